The number of non-ortho nitro benzene ring substituents is 1. The smallest absolute Gasteiger partial charge is 0.344 e. The van der Waals surface area contributed by atoms with E-state index in [4.69, 9.17) is 16.2 Å². The summed E-state index contributed by atoms with van der Waals surface area (Å²) in [5, 5.41) is 10.5. The highest BCUT2D eigenvalue weighted by Crippen LogP contribution is 2.19. The molecule has 0 radical (unpaired) electrons. The van der Waals surface area contributed by atoms with Crippen molar-refractivity contribution in [3.63, 3.8) is 0 Å². The fourth-order valence-electron chi connectivity index (χ4n) is 1.30. The molecule has 108 valence electrons. The Labute approximate surface area is 120 Å². The van der Waals surface area contributed by atoms with Crippen LogP contribution in [-0.2, 0) is 16.1 Å². The number of carbonyl (C=O) groups excluding carboxylic acids is 1. The molecular weight excluding hydrogens is 284 g/mol. The number of nitrogens with two attached hydrogens (primary N) is 2. The first-order chi connectivity index (χ1) is 9.22. The quantitative estimate of drug-likeness (QED) is 0.181. The van der Waals surface area contributed by atoms with Crippen molar-refractivity contribution in [1.29, 1.82) is 0 Å². The second kappa shape index (κ2) is 6.24. The molecule has 0 saturated carbocycles. The number of hydrogen-bond acceptors (Lipinski definition) is 6. The van der Waals surface area contributed by atoms with Gasteiger partial charge in [0.25, 0.3) is 5.69 Å². The van der Waals surface area contributed by atoms with Crippen LogP contribution < -0.4 is 11.5 Å². The molecule has 1 atom stereocenters. The van der Waals surface area contributed by atoms with Gasteiger partial charge in [-0.2, -0.15) is 0 Å². The van der Waals surface area contributed by atoms with Crippen molar-refractivity contribution in [3.8, 4) is 0 Å². The average Bonchev–Trinajstić information content (AvgIpc) is 2.34. The number of thiol groups is 1. The number of nitro benzene ring substituents is 1. The first-order valence-corrected chi connectivity index (χ1v) is 5.91. The SMILES string of the molecule is CC(S)(N=C(N)N)C(=O)OCc1ccc([N+](=O)[O-])cc1. The van der Waals surface area contributed by atoms with Crippen LogP contribution in [0.2, 0.25) is 0 Å². The van der Waals surface area contributed by atoms with E-state index in [1.807, 2.05) is 0 Å². The van der Waals surface area contributed by atoms with E-state index < -0.39 is 15.8 Å². The average molecular weight is 298 g/mol. The van der Waals surface area contributed by atoms with Gasteiger partial charge in [0.2, 0.25) is 4.87 Å². The molecule has 0 aliphatic heterocycles. The highest BCUT2D eigenvalue weighted by molar-refractivity contribution is 7.82. The molecule has 0 aromatic heterocycles. The third-order valence-electron chi connectivity index (χ3n) is 2.25. The van der Waals surface area contributed by atoms with Gasteiger partial charge >= 0.3 is 5.97 Å². The predicted octanol–water partition coefficient (Wildman–Crippen LogP) is 0.557. The number of esters is 1. The van der Waals surface area contributed by atoms with Gasteiger partial charge in [0, 0.05) is 12.1 Å². The van der Waals surface area contributed by atoms with E-state index in [1.165, 1.54) is 31.2 Å². The van der Waals surface area contributed by atoms with Gasteiger partial charge in [-0.25, -0.2) is 9.79 Å². The minimum absolute atomic E-state index is 0.0420. The molecule has 9 heteroatoms. The first kappa shape index (κ1) is 15.8. The number of guanidine groups is 1. The Kier molecular flexibility index (Phi) is 4.92. The number of ether oxygens (including phenoxy) is 1. The lowest BCUT2D eigenvalue weighted by atomic mass is 10.2. The standard InChI is InChI=1S/C11H14N4O4S/c1-11(20,14-10(12)13)9(16)19-6-7-2-4-8(5-3-7)15(17)18/h2-5,20H,6H2,1H3,(H4,12,13,14). The number of rotatable bonds is 5. The zero-order chi connectivity index (χ0) is 15.3. The predicted molar refractivity (Wildman–Crippen MR) is 76.1 cm³/mol. The van der Waals surface area contributed by atoms with Gasteiger partial charge in [-0.1, -0.05) is 0 Å². The topological polar surface area (TPSA) is 134 Å². The Bertz CT molecular complexity index is 538. The molecule has 0 spiro atoms. The zero-order valence-corrected chi connectivity index (χ0v) is 11.5. The number of hydrogen-bond donors (Lipinski definition) is 3. The summed E-state index contributed by atoms with van der Waals surface area (Å²) in [5.41, 5.74) is 10.9. The van der Waals surface area contributed by atoms with Crippen molar-refractivity contribution >= 4 is 30.2 Å². The molecule has 0 heterocycles. The number of benzene rings is 1. The Balaban J connectivity index is 2.65. The summed E-state index contributed by atoms with van der Waals surface area (Å²) in [6.07, 6.45) is 0. The highest BCUT2D eigenvalue weighted by Gasteiger charge is 2.30. The van der Waals surface area contributed by atoms with Gasteiger partial charge in [0.1, 0.15) is 6.61 Å². The monoisotopic (exact) mass is 298 g/mol. The Morgan fingerprint density at radius 1 is 1.45 bits per heavy atom. The van der Waals surface area contributed by atoms with Crippen LogP contribution >= 0.6 is 12.6 Å². The zero-order valence-electron chi connectivity index (χ0n) is 10.6. The number of nitro groups is 1. The second-order valence-corrected chi connectivity index (χ2v) is 4.93. The Morgan fingerprint density at radius 3 is 2.45 bits per heavy atom. The Hall–Kier alpha value is -2.29. The fourth-order valence-corrected chi connectivity index (χ4v) is 1.48. The van der Waals surface area contributed by atoms with Crippen molar-refractivity contribution < 1.29 is 14.5 Å². The summed E-state index contributed by atoms with van der Waals surface area (Å²) < 4.78 is 4.99. The van der Waals surface area contributed by atoms with Crippen LogP contribution in [0, 0.1) is 10.1 Å². The van der Waals surface area contributed by atoms with E-state index >= 15 is 0 Å². The van der Waals surface area contributed by atoms with Gasteiger partial charge in [-0.05, 0) is 24.6 Å². The lowest BCUT2D eigenvalue weighted by Gasteiger charge is -2.17. The summed E-state index contributed by atoms with van der Waals surface area (Å²) in [6.45, 7) is 1.32. The van der Waals surface area contributed by atoms with E-state index in [2.05, 4.69) is 17.6 Å². The van der Waals surface area contributed by atoms with Crippen molar-refractivity contribution in [2.75, 3.05) is 0 Å². The molecular formula is C11H14N4O4S. The molecule has 0 aliphatic rings. The molecule has 20 heavy (non-hydrogen) atoms. The minimum atomic E-state index is -1.49. The minimum Gasteiger partial charge on any atom is -0.458 e. The molecule has 0 bridgehead atoms. The van der Waals surface area contributed by atoms with Crippen LogP contribution in [0.15, 0.2) is 29.3 Å². The van der Waals surface area contributed by atoms with Crippen LogP contribution in [0.4, 0.5) is 5.69 Å². The molecule has 4 N–H and O–H groups in total. The molecule has 0 amide bonds. The first-order valence-electron chi connectivity index (χ1n) is 5.46. The van der Waals surface area contributed by atoms with E-state index in [1.54, 1.807) is 0 Å². The summed E-state index contributed by atoms with van der Waals surface area (Å²) in [7, 11) is 0. The van der Waals surface area contributed by atoms with Crippen LogP contribution in [0.5, 0.6) is 0 Å². The van der Waals surface area contributed by atoms with E-state index in [0.29, 0.717) is 5.56 Å². The highest BCUT2D eigenvalue weighted by atomic mass is 32.1. The van der Waals surface area contributed by atoms with Crippen molar-refractivity contribution in [2.45, 2.75) is 18.4 Å². The summed E-state index contributed by atoms with van der Waals surface area (Å²) in [6, 6.07) is 5.61. The van der Waals surface area contributed by atoms with Gasteiger partial charge < -0.3 is 16.2 Å². The van der Waals surface area contributed by atoms with Crippen LogP contribution in [0.1, 0.15) is 12.5 Å². The largest absolute Gasteiger partial charge is 0.458 e. The van der Waals surface area contributed by atoms with E-state index in [9.17, 15) is 14.9 Å². The van der Waals surface area contributed by atoms with Crippen LogP contribution in [0.25, 0.3) is 0 Å². The normalized spacial score (nSPS) is 13.1. The van der Waals surface area contributed by atoms with Crippen LogP contribution in [0.3, 0.4) is 0 Å². The molecule has 1 unspecified atom stereocenters. The van der Waals surface area contributed by atoms with Gasteiger partial charge in [-0.15, -0.1) is 12.6 Å². The lowest BCUT2D eigenvalue weighted by molar-refractivity contribution is -0.384. The summed E-state index contributed by atoms with van der Waals surface area (Å²) in [5.74, 6) is -1.01. The maximum atomic E-state index is 11.7. The molecule has 0 saturated heterocycles. The molecule has 0 aliphatic carbocycles. The van der Waals surface area contributed by atoms with Gasteiger partial charge in [0.05, 0.1) is 4.92 Å². The maximum absolute atomic E-state index is 11.7. The van der Waals surface area contributed by atoms with E-state index in [-0.39, 0.29) is 18.3 Å². The molecule has 0 fully saturated rings. The van der Waals surface area contributed by atoms with Gasteiger partial charge in [0.15, 0.2) is 5.96 Å². The van der Waals surface area contributed by atoms with Crippen molar-refractivity contribution in [2.24, 2.45) is 16.5 Å². The molecule has 8 nitrogen and oxygen atoms in total. The van der Waals surface area contributed by atoms with Crippen molar-refractivity contribution in [1.82, 2.24) is 0 Å². The molecule has 1 rings (SSSR count). The van der Waals surface area contributed by atoms with Gasteiger partial charge in [-0.3, -0.25) is 10.1 Å². The third-order valence-corrected chi connectivity index (χ3v) is 2.53. The maximum Gasteiger partial charge on any atom is 0.344 e. The van der Waals surface area contributed by atoms with E-state index in [0.717, 1.165) is 0 Å². The second-order valence-electron chi connectivity index (χ2n) is 4.06. The summed E-state index contributed by atoms with van der Waals surface area (Å²) in [4.78, 5) is 23.8. The Morgan fingerprint density at radius 2 is 2.00 bits per heavy atom. The third kappa shape index (κ3) is 4.43. The molecule has 1 aromatic rings. The van der Waals surface area contributed by atoms with Crippen molar-refractivity contribution in [3.05, 3.63) is 39.9 Å². The summed E-state index contributed by atoms with van der Waals surface area (Å²) >= 11 is 4.00. The molecule has 1 aromatic carbocycles. The fraction of sp³-hybridized carbons (Fsp3) is 0.273. The number of nitrogens with zero attached hydrogens (tertiary/aromatic N) is 2. The van der Waals surface area contributed by atoms with Crippen LogP contribution in [-0.4, -0.2) is 21.7 Å². The lowest BCUT2D eigenvalue weighted by Crippen LogP contribution is -2.35. The number of carbonyl (C=O) groups is 1. The number of aliphatic imine (C=N–C) groups is 1.